The van der Waals surface area contributed by atoms with Gasteiger partial charge in [0.2, 0.25) is 21.8 Å². The maximum absolute atomic E-state index is 14.7. The van der Waals surface area contributed by atoms with E-state index in [-0.39, 0.29) is 36.9 Å². The normalized spacial score (nSPS) is 30.0. The summed E-state index contributed by atoms with van der Waals surface area (Å²) in [6, 6.07) is 8.14. The van der Waals surface area contributed by atoms with Crippen molar-refractivity contribution in [2.75, 3.05) is 13.7 Å². The van der Waals surface area contributed by atoms with Crippen LogP contribution in [-0.2, 0) is 42.2 Å². The molecule has 0 aromatic heterocycles. The number of carbonyl (C=O) groups is 4. The van der Waals surface area contributed by atoms with Crippen LogP contribution in [0.2, 0.25) is 0 Å². The van der Waals surface area contributed by atoms with Crippen LogP contribution in [0.25, 0.3) is 10.8 Å². The molecular formula is C40H51N5O8S. The van der Waals surface area contributed by atoms with Crippen LogP contribution < -0.4 is 20.1 Å². The first-order valence-electron chi connectivity index (χ1n) is 19.7. The Balaban J connectivity index is 1.09. The van der Waals surface area contributed by atoms with Gasteiger partial charge in [-0.1, -0.05) is 49.3 Å². The summed E-state index contributed by atoms with van der Waals surface area (Å²) in [6.07, 6.45) is 11.7. The molecule has 0 radical (unpaired) electrons. The standard InChI is InChI=1S/C40H51N5O8S/c1-52-34-19-16-26-23-44(22-25-10-9-14-31(34)35(25)26)28-20-33-36(46)42-40(38(48)43-54(50,51)30-17-18-30)21-27(40)11-5-3-2-4-6-15-32(37(47)45(33)24-28)41-39(49)53-29-12-7-8-13-29/h5,9-11,14,16,19,27-30,32-33H,2-4,6-8,12-13,15,17-18,20-24H2,1H3,(H,41,49)(H,42,46)(H,43,48)/b11-5+/t27?,28-,32?,33?,40?/m1/s1. The van der Waals surface area contributed by atoms with Crippen LogP contribution in [0.3, 0.4) is 0 Å². The minimum absolute atomic E-state index is 0.173. The van der Waals surface area contributed by atoms with Crippen LogP contribution in [0, 0.1) is 5.92 Å². The predicted octanol–water partition coefficient (Wildman–Crippen LogP) is 4.17. The monoisotopic (exact) mass is 761 g/mol. The van der Waals surface area contributed by atoms with E-state index in [0.717, 1.165) is 72.6 Å². The average Bonchev–Trinajstić information content (AvgIpc) is 4.02. The maximum Gasteiger partial charge on any atom is 0.408 e. The first-order valence-corrected chi connectivity index (χ1v) is 21.2. The number of rotatable bonds is 7. The number of amides is 4. The van der Waals surface area contributed by atoms with Gasteiger partial charge >= 0.3 is 6.09 Å². The minimum Gasteiger partial charge on any atom is -0.496 e. The Morgan fingerprint density at radius 1 is 0.944 bits per heavy atom. The molecule has 290 valence electrons. The molecule has 2 aromatic carbocycles. The zero-order valence-corrected chi connectivity index (χ0v) is 31.7. The Morgan fingerprint density at radius 2 is 1.70 bits per heavy atom. The van der Waals surface area contributed by atoms with Crippen molar-refractivity contribution in [2.24, 2.45) is 5.92 Å². The van der Waals surface area contributed by atoms with Gasteiger partial charge in [0.05, 0.1) is 12.4 Å². The van der Waals surface area contributed by atoms with Crippen molar-refractivity contribution in [3.8, 4) is 5.75 Å². The van der Waals surface area contributed by atoms with Gasteiger partial charge in [-0.3, -0.25) is 24.0 Å². The van der Waals surface area contributed by atoms with E-state index < -0.39 is 50.8 Å². The Morgan fingerprint density at radius 3 is 2.46 bits per heavy atom. The number of hydrogen-bond donors (Lipinski definition) is 3. The molecule has 3 heterocycles. The van der Waals surface area contributed by atoms with Crippen molar-refractivity contribution < 1.29 is 37.1 Å². The molecule has 5 atom stereocenters. The van der Waals surface area contributed by atoms with Gasteiger partial charge in [0.25, 0.3) is 5.91 Å². The van der Waals surface area contributed by atoms with E-state index in [0.29, 0.717) is 45.2 Å². The van der Waals surface area contributed by atoms with Crippen LogP contribution in [0.15, 0.2) is 42.5 Å². The number of alkyl carbamates (subject to hydrolysis) is 1. The third-order valence-corrected chi connectivity index (χ3v) is 14.2. The van der Waals surface area contributed by atoms with Gasteiger partial charge in [-0.15, -0.1) is 0 Å². The molecule has 14 heteroatoms. The van der Waals surface area contributed by atoms with Crippen molar-refractivity contribution in [1.82, 2.24) is 25.2 Å². The van der Waals surface area contributed by atoms with Crippen molar-refractivity contribution in [1.29, 1.82) is 0 Å². The second-order valence-electron chi connectivity index (χ2n) is 16.1. The third kappa shape index (κ3) is 7.30. The first kappa shape index (κ1) is 36.8. The number of allylic oxidation sites excluding steroid dienone is 1. The molecule has 8 rings (SSSR count). The Kier molecular flexibility index (Phi) is 10.1. The minimum atomic E-state index is -3.86. The molecule has 1 saturated heterocycles. The Hall–Kier alpha value is -4.17. The highest BCUT2D eigenvalue weighted by molar-refractivity contribution is 7.91. The highest BCUT2D eigenvalue weighted by Gasteiger charge is 2.62. The number of methoxy groups -OCH3 is 1. The van der Waals surface area contributed by atoms with Gasteiger partial charge in [-0.2, -0.15) is 0 Å². The van der Waals surface area contributed by atoms with Crippen LogP contribution in [0.5, 0.6) is 5.75 Å². The average molecular weight is 762 g/mol. The molecule has 3 aliphatic carbocycles. The number of carbonyl (C=O) groups excluding carboxylic acids is 4. The lowest BCUT2D eigenvalue weighted by Gasteiger charge is -2.34. The fourth-order valence-corrected chi connectivity index (χ4v) is 10.5. The lowest BCUT2D eigenvalue weighted by atomic mass is 9.93. The fraction of sp³-hybridized carbons (Fsp3) is 0.600. The van der Waals surface area contributed by atoms with Crippen LogP contribution in [0.1, 0.15) is 94.6 Å². The molecule has 2 aromatic rings. The lowest BCUT2D eigenvalue weighted by Crippen LogP contribution is -2.58. The van der Waals surface area contributed by atoms with E-state index in [9.17, 15) is 27.6 Å². The summed E-state index contributed by atoms with van der Waals surface area (Å²) in [5.41, 5.74) is 0.814. The van der Waals surface area contributed by atoms with Crippen LogP contribution in [0.4, 0.5) is 4.79 Å². The molecule has 4 amide bonds. The highest BCUT2D eigenvalue weighted by Crippen LogP contribution is 2.46. The lowest BCUT2D eigenvalue weighted by molar-refractivity contribution is -0.141. The quantitative estimate of drug-likeness (QED) is 0.352. The molecule has 4 unspecified atom stereocenters. The van der Waals surface area contributed by atoms with Crippen LogP contribution in [-0.4, -0.2) is 90.7 Å². The molecule has 13 nitrogen and oxygen atoms in total. The first-order chi connectivity index (χ1) is 26.1. The maximum atomic E-state index is 14.7. The number of benzene rings is 2. The summed E-state index contributed by atoms with van der Waals surface area (Å²) < 4.78 is 39.4. The zero-order chi connectivity index (χ0) is 37.6. The van der Waals surface area contributed by atoms with Crippen LogP contribution >= 0.6 is 0 Å². The molecule has 0 bridgehead atoms. The van der Waals surface area contributed by atoms with E-state index >= 15 is 0 Å². The second kappa shape index (κ2) is 14.8. The second-order valence-corrected chi connectivity index (χ2v) is 18.0. The van der Waals surface area contributed by atoms with E-state index in [1.165, 1.54) is 0 Å². The molecule has 54 heavy (non-hydrogen) atoms. The Labute approximate surface area is 316 Å². The molecule has 3 aliphatic heterocycles. The van der Waals surface area contributed by atoms with Crippen molar-refractivity contribution in [3.63, 3.8) is 0 Å². The summed E-state index contributed by atoms with van der Waals surface area (Å²) >= 11 is 0. The molecule has 3 saturated carbocycles. The smallest absolute Gasteiger partial charge is 0.408 e. The van der Waals surface area contributed by atoms with Gasteiger partial charge in [0.15, 0.2) is 0 Å². The molecule has 4 fully saturated rings. The van der Waals surface area contributed by atoms with Gasteiger partial charge in [0, 0.05) is 37.0 Å². The number of sulfonamides is 1. The van der Waals surface area contributed by atoms with E-state index in [1.807, 2.05) is 24.3 Å². The Bertz CT molecular complexity index is 1950. The SMILES string of the molecule is COc1ccc2c3c(cccc13)CN([C@@H]1CC3C(=O)NC4(C(=O)NS(=O)(=O)C5CC5)CC4/C=C/CCCCCC(NC(=O)OC4CCCC4)C(=O)N3C1)C2. The number of ether oxygens (including phenoxy) is 2. The highest BCUT2D eigenvalue weighted by atomic mass is 32.2. The molecular weight excluding hydrogens is 711 g/mol. The largest absolute Gasteiger partial charge is 0.496 e. The molecule has 3 N–H and O–H groups in total. The van der Waals surface area contributed by atoms with Crippen molar-refractivity contribution in [3.05, 3.63) is 53.6 Å². The third-order valence-electron chi connectivity index (χ3n) is 12.4. The number of nitrogens with zero attached hydrogens (tertiary/aromatic N) is 2. The summed E-state index contributed by atoms with van der Waals surface area (Å²) in [4.78, 5) is 60.1. The molecule has 6 aliphatic rings. The summed E-state index contributed by atoms with van der Waals surface area (Å²) in [6.45, 7) is 1.45. The fourth-order valence-electron chi connectivity index (χ4n) is 9.10. The summed E-state index contributed by atoms with van der Waals surface area (Å²) in [5.74, 6) is -1.18. The van der Waals surface area contributed by atoms with Crippen molar-refractivity contribution in [2.45, 2.75) is 132 Å². The van der Waals surface area contributed by atoms with E-state index in [4.69, 9.17) is 9.47 Å². The van der Waals surface area contributed by atoms with Gasteiger partial charge in [0.1, 0.15) is 29.5 Å². The molecule has 0 spiro atoms. The zero-order valence-electron chi connectivity index (χ0n) is 30.9. The number of hydrogen-bond acceptors (Lipinski definition) is 9. The number of fused-ring (bicyclic) bond motifs is 2. The van der Waals surface area contributed by atoms with Gasteiger partial charge in [-0.05, 0) is 93.2 Å². The van der Waals surface area contributed by atoms with Gasteiger partial charge < -0.3 is 25.0 Å². The topological polar surface area (TPSA) is 163 Å². The predicted molar refractivity (Wildman–Crippen MR) is 201 cm³/mol. The van der Waals surface area contributed by atoms with Gasteiger partial charge in [-0.25, -0.2) is 13.2 Å². The summed E-state index contributed by atoms with van der Waals surface area (Å²) in [7, 11) is -2.20. The summed E-state index contributed by atoms with van der Waals surface area (Å²) in [5, 5.41) is 7.45. The van der Waals surface area contributed by atoms with E-state index in [1.54, 1.807) is 12.0 Å². The van der Waals surface area contributed by atoms with Crippen molar-refractivity contribution >= 4 is 44.6 Å². The van der Waals surface area contributed by atoms with E-state index in [2.05, 4.69) is 38.5 Å². The number of nitrogens with one attached hydrogen (secondary N) is 3.